The number of carboxylic acid groups (broad SMARTS) is 1. The summed E-state index contributed by atoms with van der Waals surface area (Å²) in [7, 11) is 0. The number of fused-ring (bicyclic) bond motifs is 1. The minimum absolute atomic E-state index is 0.153. The highest BCUT2D eigenvalue weighted by atomic mass is 32.1. The SMILES string of the molecule is Cc1nc(COc2cccc3[nH]c(C(=O)O)cc23)cs1. The highest BCUT2D eigenvalue weighted by molar-refractivity contribution is 7.09. The van der Waals surface area contributed by atoms with Gasteiger partial charge in [-0.3, -0.25) is 0 Å². The van der Waals surface area contributed by atoms with Crippen LogP contribution in [0.5, 0.6) is 5.75 Å². The molecule has 1 aromatic carbocycles. The molecule has 2 heterocycles. The fourth-order valence-electron chi connectivity index (χ4n) is 1.99. The van der Waals surface area contributed by atoms with E-state index < -0.39 is 5.97 Å². The van der Waals surface area contributed by atoms with Gasteiger partial charge in [-0.2, -0.15) is 0 Å². The molecule has 102 valence electrons. The smallest absolute Gasteiger partial charge is 0.352 e. The molecule has 0 unspecified atom stereocenters. The number of aromatic amines is 1. The fourth-order valence-corrected chi connectivity index (χ4v) is 2.59. The zero-order valence-electron chi connectivity index (χ0n) is 10.7. The van der Waals surface area contributed by atoms with Crippen LogP contribution in [0.2, 0.25) is 0 Å². The summed E-state index contributed by atoms with van der Waals surface area (Å²) in [6.45, 7) is 2.32. The summed E-state index contributed by atoms with van der Waals surface area (Å²) in [6, 6.07) is 7.05. The number of nitrogens with one attached hydrogen (secondary N) is 1. The molecule has 0 aliphatic carbocycles. The zero-order chi connectivity index (χ0) is 14.1. The number of rotatable bonds is 4. The van der Waals surface area contributed by atoms with Gasteiger partial charge in [0, 0.05) is 16.3 Å². The maximum absolute atomic E-state index is 11.0. The van der Waals surface area contributed by atoms with E-state index in [1.165, 1.54) is 0 Å². The van der Waals surface area contributed by atoms with Crippen molar-refractivity contribution in [2.75, 3.05) is 0 Å². The molecule has 0 aliphatic rings. The summed E-state index contributed by atoms with van der Waals surface area (Å²) >= 11 is 1.58. The molecule has 0 saturated heterocycles. The number of aromatic carboxylic acids is 1. The van der Waals surface area contributed by atoms with E-state index in [4.69, 9.17) is 9.84 Å². The maximum Gasteiger partial charge on any atom is 0.352 e. The van der Waals surface area contributed by atoms with Crippen LogP contribution >= 0.6 is 11.3 Å². The van der Waals surface area contributed by atoms with Gasteiger partial charge in [0.05, 0.1) is 10.7 Å². The number of H-pyrrole nitrogens is 1. The molecule has 0 bridgehead atoms. The van der Waals surface area contributed by atoms with Gasteiger partial charge in [-0.25, -0.2) is 9.78 Å². The molecule has 2 aromatic heterocycles. The van der Waals surface area contributed by atoms with Gasteiger partial charge in [-0.15, -0.1) is 11.3 Å². The number of ether oxygens (including phenoxy) is 1. The molecule has 20 heavy (non-hydrogen) atoms. The first-order chi connectivity index (χ1) is 9.63. The predicted octanol–water partition coefficient (Wildman–Crippen LogP) is 3.21. The standard InChI is InChI=1S/C14H12N2O3S/c1-8-15-9(7-20-8)6-19-13-4-2-3-11-10(13)5-12(16-11)14(17)18/h2-5,7,16H,6H2,1H3,(H,17,18). The average molecular weight is 288 g/mol. The number of thiazole rings is 1. The molecule has 0 radical (unpaired) electrons. The minimum atomic E-state index is -0.984. The van der Waals surface area contributed by atoms with Gasteiger partial charge >= 0.3 is 5.97 Å². The molecule has 0 saturated carbocycles. The Hall–Kier alpha value is -2.34. The Bertz CT molecular complexity index is 776. The summed E-state index contributed by atoms with van der Waals surface area (Å²) in [5, 5.41) is 12.7. The van der Waals surface area contributed by atoms with Crippen LogP contribution in [0.3, 0.4) is 0 Å². The van der Waals surface area contributed by atoms with E-state index in [2.05, 4.69) is 9.97 Å². The Labute approximate surface area is 118 Å². The largest absolute Gasteiger partial charge is 0.487 e. The van der Waals surface area contributed by atoms with E-state index in [1.807, 2.05) is 30.5 Å². The van der Waals surface area contributed by atoms with Crippen LogP contribution in [0, 0.1) is 6.92 Å². The van der Waals surface area contributed by atoms with Crippen LogP contribution in [-0.2, 0) is 6.61 Å². The third kappa shape index (κ3) is 2.37. The van der Waals surface area contributed by atoms with Crippen molar-refractivity contribution in [3.8, 4) is 5.75 Å². The van der Waals surface area contributed by atoms with Crippen LogP contribution in [0.1, 0.15) is 21.2 Å². The van der Waals surface area contributed by atoms with E-state index in [0.29, 0.717) is 12.4 Å². The van der Waals surface area contributed by atoms with Crippen molar-refractivity contribution in [2.24, 2.45) is 0 Å². The van der Waals surface area contributed by atoms with Crippen LogP contribution in [0.15, 0.2) is 29.6 Å². The minimum Gasteiger partial charge on any atom is -0.487 e. The second-order valence-corrected chi connectivity index (χ2v) is 5.41. The van der Waals surface area contributed by atoms with Crippen LogP contribution in [-0.4, -0.2) is 21.0 Å². The van der Waals surface area contributed by atoms with E-state index >= 15 is 0 Å². The molecule has 5 nitrogen and oxygen atoms in total. The third-order valence-corrected chi connectivity index (χ3v) is 3.72. The lowest BCUT2D eigenvalue weighted by Gasteiger charge is -2.05. The molecule has 0 amide bonds. The molecular weight excluding hydrogens is 276 g/mol. The van der Waals surface area contributed by atoms with Gasteiger partial charge in [0.2, 0.25) is 0 Å². The molecule has 3 rings (SSSR count). The number of hydrogen-bond acceptors (Lipinski definition) is 4. The van der Waals surface area contributed by atoms with Crippen molar-refractivity contribution in [1.29, 1.82) is 0 Å². The molecular formula is C14H12N2O3S. The highest BCUT2D eigenvalue weighted by Crippen LogP contribution is 2.27. The predicted molar refractivity (Wildman–Crippen MR) is 76.4 cm³/mol. The molecule has 2 N–H and O–H groups in total. The Balaban J connectivity index is 1.89. The molecule has 3 aromatic rings. The summed E-state index contributed by atoms with van der Waals surface area (Å²) in [6.07, 6.45) is 0. The zero-order valence-corrected chi connectivity index (χ0v) is 11.5. The van der Waals surface area contributed by atoms with Crippen LogP contribution in [0.25, 0.3) is 10.9 Å². The summed E-state index contributed by atoms with van der Waals surface area (Å²) in [4.78, 5) is 18.2. The van der Waals surface area contributed by atoms with Gasteiger partial charge in [0.15, 0.2) is 0 Å². The Morgan fingerprint density at radius 2 is 2.35 bits per heavy atom. The van der Waals surface area contributed by atoms with Gasteiger partial charge in [-0.05, 0) is 25.1 Å². The van der Waals surface area contributed by atoms with Crippen molar-refractivity contribution >= 4 is 28.2 Å². The number of nitrogens with zero attached hydrogens (tertiary/aromatic N) is 1. The maximum atomic E-state index is 11.0. The van der Waals surface area contributed by atoms with Gasteiger partial charge in [-0.1, -0.05) is 6.07 Å². The first-order valence-electron chi connectivity index (χ1n) is 6.02. The van der Waals surface area contributed by atoms with E-state index in [0.717, 1.165) is 21.6 Å². The van der Waals surface area contributed by atoms with Gasteiger partial charge in [0.1, 0.15) is 18.1 Å². The lowest BCUT2D eigenvalue weighted by molar-refractivity contribution is 0.0691. The van der Waals surface area contributed by atoms with Crippen molar-refractivity contribution in [3.63, 3.8) is 0 Å². The summed E-state index contributed by atoms with van der Waals surface area (Å²) in [5.74, 6) is -0.334. The second-order valence-electron chi connectivity index (χ2n) is 4.35. The summed E-state index contributed by atoms with van der Waals surface area (Å²) < 4.78 is 5.74. The Morgan fingerprint density at radius 3 is 3.05 bits per heavy atom. The molecule has 0 spiro atoms. The quantitative estimate of drug-likeness (QED) is 0.773. The lowest BCUT2D eigenvalue weighted by atomic mass is 10.2. The number of benzene rings is 1. The number of aromatic nitrogens is 2. The molecule has 0 fully saturated rings. The van der Waals surface area contributed by atoms with Crippen LogP contribution in [0.4, 0.5) is 0 Å². The first-order valence-corrected chi connectivity index (χ1v) is 6.90. The Morgan fingerprint density at radius 1 is 1.50 bits per heavy atom. The molecule has 6 heteroatoms. The molecule has 0 atom stereocenters. The first kappa shape index (κ1) is 12.7. The molecule has 0 aliphatic heterocycles. The van der Waals surface area contributed by atoms with Crippen molar-refractivity contribution in [1.82, 2.24) is 9.97 Å². The van der Waals surface area contributed by atoms with E-state index in [1.54, 1.807) is 17.4 Å². The lowest BCUT2D eigenvalue weighted by Crippen LogP contribution is -1.96. The average Bonchev–Trinajstić information content (AvgIpc) is 3.02. The van der Waals surface area contributed by atoms with Crippen molar-refractivity contribution in [3.05, 3.63) is 46.0 Å². The summed E-state index contributed by atoms with van der Waals surface area (Å²) in [5.41, 5.74) is 1.77. The van der Waals surface area contributed by atoms with Crippen LogP contribution < -0.4 is 4.74 Å². The third-order valence-electron chi connectivity index (χ3n) is 2.90. The topological polar surface area (TPSA) is 75.2 Å². The van der Waals surface area contributed by atoms with Gasteiger partial charge < -0.3 is 14.8 Å². The Kier molecular flexibility index (Phi) is 3.15. The monoisotopic (exact) mass is 288 g/mol. The number of carbonyl (C=O) groups is 1. The second kappa shape index (κ2) is 4.97. The van der Waals surface area contributed by atoms with Crippen molar-refractivity contribution < 1.29 is 14.6 Å². The van der Waals surface area contributed by atoms with Gasteiger partial charge in [0.25, 0.3) is 0 Å². The number of aryl methyl sites for hydroxylation is 1. The number of hydrogen-bond donors (Lipinski definition) is 2. The van der Waals surface area contributed by atoms with Crippen molar-refractivity contribution in [2.45, 2.75) is 13.5 Å². The van der Waals surface area contributed by atoms with E-state index in [9.17, 15) is 4.79 Å². The fraction of sp³-hybridized carbons (Fsp3) is 0.143. The number of carboxylic acids is 1. The normalized spacial score (nSPS) is 10.8. The highest BCUT2D eigenvalue weighted by Gasteiger charge is 2.11. The van der Waals surface area contributed by atoms with E-state index in [-0.39, 0.29) is 5.69 Å².